The second kappa shape index (κ2) is 9.38. The van der Waals surface area contributed by atoms with Gasteiger partial charge in [0.25, 0.3) is 5.56 Å². The summed E-state index contributed by atoms with van der Waals surface area (Å²) in [5, 5.41) is 24.3. The molecule has 0 aliphatic heterocycles. The topological polar surface area (TPSA) is 121 Å². The van der Waals surface area contributed by atoms with E-state index in [9.17, 15) is 24.6 Å². The van der Waals surface area contributed by atoms with Crippen LogP contribution in [0.5, 0.6) is 5.75 Å². The molecular formula is C24H25N3O5. The molecule has 8 heteroatoms. The lowest BCUT2D eigenvalue weighted by atomic mass is 9.97. The number of carbonyl (C=O) groups is 2. The number of hydrogen-bond donors (Lipinski definition) is 4. The molecule has 4 N–H and O–H groups in total. The van der Waals surface area contributed by atoms with E-state index in [1.54, 1.807) is 19.1 Å². The van der Waals surface area contributed by atoms with Gasteiger partial charge in [0.15, 0.2) is 5.69 Å². The lowest BCUT2D eigenvalue weighted by molar-refractivity contribution is -0.137. The van der Waals surface area contributed by atoms with Gasteiger partial charge in [0.05, 0.1) is 12.5 Å². The van der Waals surface area contributed by atoms with Crippen molar-refractivity contribution >= 4 is 17.7 Å². The number of aromatic nitrogens is 1. The van der Waals surface area contributed by atoms with E-state index in [2.05, 4.69) is 10.6 Å². The summed E-state index contributed by atoms with van der Waals surface area (Å²) in [7, 11) is 1.52. The molecule has 0 unspecified atom stereocenters. The largest absolute Gasteiger partial charge is 0.505 e. The SMILES string of the molecule is Cc1ccccc1-c1ccc([C@H](CC(=O)O)NC(=O)Nc2c(O)cc(C)n(C)c2=O)cc1. The number of carbonyl (C=O) groups excluding carboxylic acids is 1. The van der Waals surface area contributed by atoms with Crippen molar-refractivity contribution in [3.63, 3.8) is 0 Å². The Morgan fingerprint density at radius 3 is 2.34 bits per heavy atom. The first-order valence-electron chi connectivity index (χ1n) is 10.0. The van der Waals surface area contributed by atoms with Crippen LogP contribution in [0.25, 0.3) is 11.1 Å². The molecule has 0 spiro atoms. The molecule has 3 rings (SSSR count). The highest BCUT2D eigenvalue weighted by Gasteiger charge is 2.20. The van der Waals surface area contributed by atoms with Gasteiger partial charge >= 0.3 is 12.0 Å². The number of carboxylic acids is 1. The van der Waals surface area contributed by atoms with Gasteiger partial charge in [-0.2, -0.15) is 0 Å². The molecule has 8 nitrogen and oxygen atoms in total. The minimum absolute atomic E-state index is 0.278. The number of nitrogens with zero attached hydrogens (tertiary/aromatic N) is 1. The number of aryl methyl sites for hydroxylation is 2. The summed E-state index contributed by atoms with van der Waals surface area (Å²) in [6.07, 6.45) is -0.352. The van der Waals surface area contributed by atoms with Gasteiger partial charge in [-0.1, -0.05) is 48.5 Å². The molecule has 0 aliphatic rings. The molecule has 2 amide bonds. The Labute approximate surface area is 185 Å². The Kier molecular flexibility index (Phi) is 6.63. The van der Waals surface area contributed by atoms with Gasteiger partial charge in [-0.25, -0.2) is 4.79 Å². The average molecular weight is 435 g/mol. The van der Waals surface area contributed by atoms with Crippen LogP contribution in [0.2, 0.25) is 0 Å². The van der Waals surface area contributed by atoms with Gasteiger partial charge in [0.1, 0.15) is 5.75 Å². The van der Waals surface area contributed by atoms with Crippen LogP contribution in [-0.4, -0.2) is 26.8 Å². The van der Waals surface area contributed by atoms with Crippen LogP contribution in [0, 0.1) is 13.8 Å². The van der Waals surface area contributed by atoms with E-state index in [-0.39, 0.29) is 17.9 Å². The van der Waals surface area contributed by atoms with Crippen molar-refractivity contribution in [2.45, 2.75) is 26.3 Å². The van der Waals surface area contributed by atoms with Crippen molar-refractivity contribution in [2.24, 2.45) is 7.05 Å². The van der Waals surface area contributed by atoms with Crippen molar-refractivity contribution in [3.05, 3.63) is 81.8 Å². The number of aliphatic carboxylic acids is 1. The quantitative estimate of drug-likeness (QED) is 0.470. The third-order valence-electron chi connectivity index (χ3n) is 5.34. The van der Waals surface area contributed by atoms with Crippen LogP contribution >= 0.6 is 0 Å². The fourth-order valence-electron chi connectivity index (χ4n) is 3.45. The molecule has 0 saturated heterocycles. The third-order valence-corrected chi connectivity index (χ3v) is 5.34. The zero-order chi connectivity index (χ0) is 23.4. The Balaban J connectivity index is 1.82. The normalized spacial score (nSPS) is 11.6. The first kappa shape index (κ1) is 22.6. The number of rotatable bonds is 6. The van der Waals surface area contributed by atoms with E-state index in [0.717, 1.165) is 16.7 Å². The number of benzene rings is 2. The highest BCUT2D eigenvalue weighted by Crippen LogP contribution is 2.26. The van der Waals surface area contributed by atoms with E-state index in [0.29, 0.717) is 11.3 Å². The molecule has 1 aromatic heterocycles. The van der Waals surface area contributed by atoms with Crippen LogP contribution in [0.1, 0.15) is 29.3 Å². The molecular weight excluding hydrogens is 410 g/mol. The highest BCUT2D eigenvalue weighted by atomic mass is 16.4. The molecule has 1 heterocycles. The molecule has 0 bridgehead atoms. The van der Waals surface area contributed by atoms with Gasteiger partial charge in [-0.3, -0.25) is 9.59 Å². The predicted molar refractivity (Wildman–Crippen MR) is 122 cm³/mol. The second-order valence-corrected chi connectivity index (χ2v) is 7.60. The molecule has 0 fully saturated rings. The van der Waals surface area contributed by atoms with E-state index < -0.39 is 23.6 Å². The summed E-state index contributed by atoms with van der Waals surface area (Å²) in [5.74, 6) is -1.45. The number of aromatic hydroxyl groups is 1. The standard InChI is InChI=1S/C24H25N3O5/c1-14-6-4-5-7-18(14)16-8-10-17(11-9-16)19(13-21(29)30)25-24(32)26-22-20(28)12-15(2)27(3)23(22)31/h4-12,19,28H,13H2,1-3H3,(H,29,30)(H2,25,26,32)/t19-/m0/s1. The minimum atomic E-state index is -1.09. The summed E-state index contributed by atoms with van der Waals surface area (Å²) in [5.41, 5.74) is 3.41. The summed E-state index contributed by atoms with van der Waals surface area (Å²) in [4.78, 5) is 36.3. The molecule has 166 valence electrons. The fraction of sp³-hybridized carbons (Fsp3) is 0.208. The number of urea groups is 1. The van der Waals surface area contributed by atoms with E-state index in [1.807, 2.05) is 43.3 Å². The molecule has 0 radical (unpaired) electrons. The molecule has 2 aromatic carbocycles. The molecule has 0 aliphatic carbocycles. The van der Waals surface area contributed by atoms with Crippen LogP contribution < -0.4 is 16.2 Å². The maximum absolute atomic E-state index is 12.5. The van der Waals surface area contributed by atoms with Gasteiger partial charge in [-0.05, 0) is 36.1 Å². The lowest BCUT2D eigenvalue weighted by Crippen LogP contribution is -2.36. The van der Waals surface area contributed by atoms with Crippen molar-refractivity contribution < 1.29 is 19.8 Å². The van der Waals surface area contributed by atoms with E-state index in [1.165, 1.54) is 17.7 Å². The number of carboxylic acid groups (broad SMARTS) is 1. The Morgan fingerprint density at radius 1 is 1.06 bits per heavy atom. The van der Waals surface area contributed by atoms with Crippen LogP contribution in [0.15, 0.2) is 59.4 Å². The zero-order valence-electron chi connectivity index (χ0n) is 18.0. The highest BCUT2D eigenvalue weighted by molar-refractivity contribution is 5.91. The summed E-state index contributed by atoms with van der Waals surface area (Å²) in [6.45, 7) is 3.65. The van der Waals surface area contributed by atoms with Crippen LogP contribution in [-0.2, 0) is 11.8 Å². The van der Waals surface area contributed by atoms with Gasteiger partial charge < -0.3 is 25.4 Å². The first-order chi connectivity index (χ1) is 15.2. The number of amides is 2. The van der Waals surface area contributed by atoms with Crippen molar-refractivity contribution in [1.82, 2.24) is 9.88 Å². The maximum atomic E-state index is 12.5. The Bertz CT molecular complexity index is 1220. The van der Waals surface area contributed by atoms with Crippen LogP contribution in [0.3, 0.4) is 0 Å². The van der Waals surface area contributed by atoms with Crippen molar-refractivity contribution in [3.8, 4) is 16.9 Å². The van der Waals surface area contributed by atoms with E-state index in [4.69, 9.17) is 0 Å². The molecule has 3 aromatic rings. The second-order valence-electron chi connectivity index (χ2n) is 7.60. The zero-order valence-corrected chi connectivity index (χ0v) is 18.0. The number of nitrogens with one attached hydrogen (secondary N) is 2. The first-order valence-corrected chi connectivity index (χ1v) is 10.0. The smallest absolute Gasteiger partial charge is 0.319 e. The Hall–Kier alpha value is -4.07. The Morgan fingerprint density at radius 2 is 1.72 bits per heavy atom. The molecule has 32 heavy (non-hydrogen) atoms. The van der Waals surface area contributed by atoms with Gasteiger partial charge in [0, 0.05) is 18.8 Å². The molecule has 1 atom stereocenters. The average Bonchev–Trinajstić information content (AvgIpc) is 2.75. The summed E-state index contributed by atoms with van der Waals surface area (Å²) < 4.78 is 1.29. The lowest BCUT2D eigenvalue weighted by Gasteiger charge is -2.19. The van der Waals surface area contributed by atoms with Gasteiger partial charge in [0.2, 0.25) is 0 Å². The number of hydrogen-bond acceptors (Lipinski definition) is 4. The summed E-state index contributed by atoms with van der Waals surface area (Å²) in [6, 6.07) is 14.9. The number of pyridine rings is 1. The fourth-order valence-corrected chi connectivity index (χ4v) is 3.45. The third kappa shape index (κ3) is 4.97. The molecule has 0 saturated carbocycles. The van der Waals surface area contributed by atoms with Gasteiger partial charge in [-0.15, -0.1) is 0 Å². The number of anilines is 1. The van der Waals surface area contributed by atoms with Crippen molar-refractivity contribution in [1.29, 1.82) is 0 Å². The van der Waals surface area contributed by atoms with Crippen molar-refractivity contribution in [2.75, 3.05) is 5.32 Å². The maximum Gasteiger partial charge on any atom is 0.319 e. The predicted octanol–water partition coefficient (Wildman–Crippen LogP) is 3.71. The van der Waals surface area contributed by atoms with Crippen LogP contribution in [0.4, 0.5) is 10.5 Å². The summed E-state index contributed by atoms with van der Waals surface area (Å²) >= 11 is 0. The monoisotopic (exact) mass is 435 g/mol. The van der Waals surface area contributed by atoms with E-state index >= 15 is 0 Å². The minimum Gasteiger partial charge on any atom is -0.505 e.